The number of benzene rings is 2. The van der Waals surface area contributed by atoms with Crippen molar-refractivity contribution >= 4 is 22.7 Å². The van der Waals surface area contributed by atoms with Gasteiger partial charge in [-0.25, -0.2) is 0 Å². The van der Waals surface area contributed by atoms with E-state index < -0.39 is 0 Å². The number of fused-ring (bicyclic) bond motifs is 1. The zero-order valence-corrected chi connectivity index (χ0v) is 18.2. The van der Waals surface area contributed by atoms with Crippen molar-refractivity contribution in [1.29, 1.82) is 0 Å². The number of aryl methyl sites for hydroxylation is 2. The molecule has 4 heteroatoms. The second-order valence-electron chi connectivity index (χ2n) is 6.81. The van der Waals surface area contributed by atoms with Crippen LogP contribution in [0.5, 0.6) is 0 Å². The molecule has 2 aromatic carbocycles. The molecule has 1 heterocycles. The van der Waals surface area contributed by atoms with E-state index in [2.05, 4.69) is 65.7 Å². The quantitative estimate of drug-likeness (QED) is 0.348. The van der Waals surface area contributed by atoms with Crippen molar-refractivity contribution in [2.24, 2.45) is 18.0 Å². The molecule has 1 aliphatic rings. The van der Waals surface area contributed by atoms with Gasteiger partial charge in [0, 0.05) is 32.7 Å². The summed E-state index contributed by atoms with van der Waals surface area (Å²) < 4.78 is 1.87. The summed E-state index contributed by atoms with van der Waals surface area (Å²) in [6.45, 7) is 2.16. The maximum Gasteiger partial charge on any atom is 0.161 e. The van der Waals surface area contributed by atoms with Crippen molar-refractivity contribution in [3.05, 3.63) is 54.2 Å². The van der Waals surface area contributed by atoms with Crippen LogP contribution in [0.25, 0.3) is 22.0 Å². The van der Waals surface area contributed by atoms with Crippen molar-refractivity contribution in [3.63, 3.8) is 0 Å². The molecule has 0 atom stereocenters. The number of aliphatic imine (C=N–C) groups is 1. The molecule has 0 unspecified atom stereocenters. The van der Waals surface area contributed by atoms with Gasteiger partial charge < -0.3 is 4.99 Å². The Morgan fingerprint density at radius 3 is 2.73 bits per heavy atom. The van der Waals surface area contributed by atoms with E-state index in [9.17, 15) is 0 Å². The molecule has 0 bridgehead atoms. The fourth-order valence-corrected chi connectivity index (χ4v) is 3.63. The Morgan fingerprint density at radius 2 is 1.92 bits per heavy atom. The maximum atomic E-state index is 4.53. The average molecular weight is 417 g/mol. The average Bonchev–Trinajstić information content (AvgIpc) is 3.16. The number of aromatic nitrogens is 2. The minimum absolute atomic E-state index is 0. The smallest absolute Gasteiger partial charge is 0.161 e. The molecule has 0 saturated heterocycles. The molecule has 1 saturated carbocycles. The molecule has 3 nitrogen and oxygen atoms in total. The van der Waals surface area contributed by atoms with Gasteiger partial charge in [-0.2, -0.15) is 18.0 Å². The first kappa shape index (κ1) is 19.3. The molecule has 0 N–H and O–H groups in total. The van der Waals surface area contributed by atoms with Gasteiger partial charge in [0.05, 0.1) is 0 Å². The van der Waals surface area contributed by atoms with Crippen LogP contribution in [-0.4, -0.2) is 11.3 Å². The van der Waals surface area contributed by atoms with Gasteiger partial charge in [0.2, 0.25) is 0 Å². The topological polar surface area (TPSA) is 29.1 Å². The Kier molecular flexibility index (Phi) is 6.31. The van der Waals surface area contributed by atoms with Crippen molar-refractivity contribution in [2.45, 2.75) is 32.6 Å². The molecular formula is C22H22N3Y-. The van der Waals surface area contributed by atoms with E-state index in [1.807, 2.05) is 11.7 Å². The Morgan fingerprint density at radius 1 is 1.15 bits per heavy atom. The summed E-state index contributed by atoms with van der Waals surface area (Å²) >= 11 is 0. The van der Waals surface area contributed by atoms with E-state index in [0.29, 0.717) is 5.92 Å². The molecule has 0 aliphatic heterocycles. The summed E-state index contributed by atoms with van der Waals surface area (Å²) in [5.41, 5.74) is 4.10. The molecule has 3 aromatic rings. The molecule has 0 spiro atoms. The van der Waals surface area contributed by atoms with E-state index >= 15 is 0 Å². The molecule has 129 valence electrons. The van der Waals surface area contributed by atoms with E-state index in [4.69, 9.17) is 0 Å². The van der Waals surface area contributed by atoms with Crippen LogP contribution < -0.4 is 4.68 Å². The third-order valence-corrected chi connectivity index (χ3v) is 5.10. The zero-order chi connectivity index (χ0) is 17.2. The van der Waals surface area contributed by atoms with E-state index in [0.717, 1.165) is 16.9 Å². The van der Waals surface area contributed by atoms with Crippen LogP contribution in [-0.2, 0) is 39.8 Å². The minimum atomic E-state index is 0. The SMILES string of the molecule is Cc1c(-c2[c-]c(N=[C-]C3CCCC3)cn[n+]2C)ccc2ccccc12.[Y]. The first-order valence-corrected chi connectivity index (χ1v) is 8.96. The molecule has 1 aliphatic carbocycles. The molecule has 26 heavy (non-hydrogen) atoms. The number of nitrogens with zero attached hydrogens (tertiary/aromatic N) is 3. The fourth-order valence-electron chi connectivity index (χ4n) is 3.63. The van der Waals surface area contributed by atoms with Crippen LogP contribution in [0.1, 0.15) is 31.2 Å². The zero-order valence-electron chi connectivity index (χ0n) is 15.4. The van der Waals surface area contributed by atoms with Gasteiger partial charge in [0.1, 0.15) is 5.69 Å². The second-order valence-corrected chi connectivity index (χ2v) is 6.81. The van der Waals surface area contributed by atoms with Crippen molar-refractivity contribution < 1.29 is 37.4 Å². The van der Waals surface area contributed by atoms with Crippen molar-refractivity contribution in [1.82, 2.24) is 5.10 Å². The van der Waals surface area contributed by atoms with Gasteiger partial charge >= 0.3 is 0 Å². The number of hydrogen-bond acceptors (Lipinski definition) is 2. The van der Waals surface area contributed by atoms with E-state index in [1.165, 1.54) is 42.0 Å². The Labute approximate surface area is 180 Å². The first-order valence-electron chi connectivity index (χ1n) is 8.96. The van der Waals surface area contributed by atoms with Crippen LogP contribution >= 0.6 is 0 Å². The summed E-state index contributed by atoms with van der Waals surface area (Å²) in [4.78, 5) is 4.53. The second kappa shape index (κ2) is 8.50. The third-order valence-electron chi connectivity index (χ3n) is 5.10. The van der Waals surface area contributed by atoms with Gasteiger partial charge in [0.25, 0.3) is 0 Å². The Hall–Kier alpha value is -1.45. The summed E-state index contributed by atoms with van der Waals surface area (Å²) in [5, 5.41) is 6.99. The molecule has 1 fully saturated rings. The van der Waals surface area contributed by atoms with Gasteiger partial charge in [-0.15, -0.1) is 10.7 Å². The van der Waals surface area contributed by atoms with Gasteiger partial charge in [-0.05, 0) is 23.3 Å². The van der Waals surface area contributed by atoms with E-state index in [-0.39, 0.29) is 32.7 Å². The molecule has 4 rings (SSSR count). The van der Waals surface area contributed by atoms with Crippen LogP contribution in [0.2, 0.25) is 0 Å². The number of hydrogen-bond donors (Lipinski definition) is 0. The largest absolute Gasteiger partial charge is 0.480 e. The van der Waals surface area contributed by atoms with Crippen LogP contribution in [0.15, 0.2) is 47.6 Å². The van der Waals surface area contributed by atoms with Crippen molar-refractivity contribution in [2.75, 3.05) is 0 Å². The Bertz CT molecular complexity index is 943. The molecule has 1 radical (unpaired) electrons. The van der Waals surface area contributed by atoms with E-state index in [1.54, 1.807) is 6.20 Å². The monoisotopic (exact) mass is 417 g/mol. The number of rotatable bonds is 3. The minimum Gasteiger partial charge on any atom is -0.480 e. The fraction of sp³-hybridized carbons (Fsp3) is 0.318. The van der Waals surface area contributed by atoms with Gasteiger partial charge in [-0.3, -0.25) is 0 Å². The maximum absolute atomic E-state index is 4.53. The summed E-state index contributed by atoms with van der Waals surface area (Å²) in [7, 11) is 1.95. The standard InChI is InChI=1S/C22H22N3.Y/c1-16-20-10-6-5-9-18(20)11-12-21(16)22-13-19(15-24-25(22)2)23-14-17-7-3-4-8-17;/h5-6,9-12,15,17H,3-4,7-8H2,1-2H3;/q-1;. The predicted molar refractivity (Wildman–Crippen MR) is 101 cm³/mol. The summed E-state index contributed by atoms with van der Waals surface area (Å²) in [6, 6.07) is 16.2. The van der Waals surface area contributed by atoms with Crippen LogP contribution in [0, 0.1) is 18.9 Å². The third kappa shape index (κ3) is 3.94. The van der Waals surface area contributed by atoms with Crippen molar-refractivity contribution in [3.8, 4) is 11.3 Å². The van der Waals surface area contributed by atoms with Crippen LogP contribution in [0.3, 0.4) is 0 Å². The summed E-state index contributed by atoms with van der Waals surface area (Å²) in [5.74, 6) is 0.494. The molecule has 1 aromatic heterocycles. The van der Waals surface area contributed by atoms with Gasteiger partial charge in [-0.1, -0.05) is 78.8 Å². The molecular weight excluding hydrogens is 395 g/mol. The van der Waals surface area contributed by atoms with Gasteiger partial charge in [0.15, 0.2) is 7.05 Å². The Balaban J connectivity index is 0.00000196. The molecule has 0 amide bonds. The van der Waals surface area contributed by atoms with Crippen LogP contribution in [0.4, 0.5) is 5.69 Å². The predicted octanol–water partition coefficient (Wildman–Crippen LogP) is 4.60. The summed E-state index contributed by atoms with van der Waals surface area (Å²) in [6.07, 6.45) is 10.0. The normalized spacial score (nSPS) is 14.8. The first-order chi connectivity index (χ1) is 12.2.